The van der Waals surface area contributed by atoms with Crippen LogP contribution in [0.4, 0.5) is 5.69 Å². The summed E-state index contributed by atoms with van der Waals surface area (Å²) in [7, 11) is 2.10. The van der Waals surface area contributed by atoms with Crippen molar-refractivity contribution in [3.63, 3.8) is 0 Å². The van der Waals surface area contributed by atoms with Crippen LogP contribution in [0.5, 0.6) is 0 Å². The van der Waals surface area contributed by atoms with Crippen LogP contribution in [0.3, 0.4) is 0 Å². The number of hydrogen-bond donors (Lipinski definition) is 1. The fourth-order valence-corrected chi connectivity index (χ4v) is 2.46. The summed E-state index contributed by atoms with van der Waals surface area (Å²) in [6.45, 7) is 6.95. The van der Waals surface area contributed by atoms with Crippen LogP contribution in [-0.2, 0) is 13.6 Å². The third-order valence-electron chi connectivity index (χ3n) is 3.86. The molecule has 1 aromatic carbocycles. The molecule has 0 aliphatic carbocycles. The van der Waals surface area contributed by atoms with Crippen molar-refractivity contribution in [2.24, 2.45) is 7.05 Å². The molecule has 0 fully saturated rings. The molecule has 4 heteroatoms. The van der Waals surface area contributed by atoms with Gasteiger partial charge >= 0.3 is 0 Å². The van der Waals surface area contributed by atoms with Crippen LogP contribution in [0.25, 0.3) is 11.1 Å². The van der Waals surface area contributed by atoms with Gasteiger partial charge in [0.2, 0.25) is 0 Å². The standard InChI is InChI=1S/C16H19N3O/c1-10-7-13(11(2)19(10)4)9-17-14-5-6-16-15(8-14)18-12(3)20-16/h5-8,17H,9H2,1-4H3. The van der Waals surface area contributed by atoms with Crippen LogP contribution in [0.1, 0.15) is 22.8 Å². The molecule has 0 bridgehead atoms. The molecule has 0 aliphatic heterocycles. The van der Waals surface area contributed by atoms with Crippen molar-refractivity contribution in [3.8, 4) is 0 Å². The van der Waals surface area contributed by atoms with Gasteiger partial charge < -0.3 is 14.3 Å². The second-order valence-corrected chi connectivity index (χ2v) is 5.22. The lowest BCUT2D eigenvalue weighted by Crippen LogP contribution is -2.01. The van der Waals surface area contributed by atoms with E-state index < -0.39 is 0 Å². The van der Waals surface area contributed by atoms with Gasteiger partial charge in [0, 0.05) is 37.6 Å². The summed E-state index contributed by atoms with van der Waals surface area (Å²) in [5, 5.41) is 3.45. The van der Waals surface area contributed by atoms with E-state index in [0.717, 1.165) is 23.3 Å². The zero-order chi connectivity index (χ0) is 14.3. The Morgan fingerprint density at radius 3 is 2.70 bits per heavy atom. The molecule has 0 spiro atoms. The van der Waals surface area contributed by atoms with Gasteiger partial charge in [-0.3, -0.25) is 0 Å². The maximum Gasteiger partial charge on any atom is 0.192 e. The maximum atomic E-state index is 5.48. The minimum Gasteiger partial charge on any atom is -0.441 e. The van der Waals surface area contributed by atoms with Crippen molar-refractivity contribution in [1.82, 2.24) is 9.55 Å². The Balaban J connectivity index is 1.80. The number of aryl methyl sites for hydroxylation is 2. The van der Waals surface area contributed by atoms with Gasteiger partial charge in [0.05, 0.1) is 0 Å². The summed E-state index contributed by atoms with van der Waals surface area (Å²) in [6, 6.07) is 8.23. The molecule has 20 heavy (non-hydrogen) atoms. The minimum atomic E-state index is 0.701. The summed E-state index contributed by atoms with van der Waals surface area (Å²) in [5.41, 5.74) is 6.69. The second-order valence-electron chi connectivity index (χ2n) is 5.22. The molecule has 3 rings (SSSR count). The van der Waals surface area contributed by atoms with Crippen LogP contribution >= 0.6 is 0 Å². The van der Waals surface area contributed by atoms with E-state index in [1.54, 1.807) is 0 Å². The molecule has 0 saturated carbocycles. The number of hydrogen-bond acceptors (Lipinski definition) is 3. The summed E-state index contributed by atoms with van der Waals surface area (Å²) in [5.74, 6) is 0.701. The Morgan fingerprint density at radius 2 is 2.00 bits per heavy atom. The fraction of sp³-hybridized carbons (Fsp3) is 0.312. The van der Waals surface area contributed by atoms with Gasteiger partial charge in [-0.1, -0.05) is 0 Å². The Morgan fingerprint density at radius 1 is 1.20 bits per heavy atom. The average molecular weight is 269 g/mol. The van der Waals surface area contributed by atoms with Gasteiger partial charge in [-0.2, -0.15) is 0 Å². The van der Waals surface area contributed by atoms with Crippen molar-refractivity contribution in [3.05, 3.63) is 47.1 Å². The van der Waals surface area contributed by atoms with Gasteiger partial charge in [0.25, 0.3) is 0 Å². The van der Waals surface area contributed by atoms with Crippen LogP contribution in [0.15, 0.2) is 28.7 Å². The molecule has 4 nitrogen and oxygen atoms in total. The highest BCUT2D eigenvalue weighted by Crippen LogP contribution is 2.21. The van der Waals surface area contributed by atoms with Crippen molar-refractivity contribution >= 4 is 16.8 Å². The third kappa shape index (κ3) is 2.18. The number of aromatic nitrogens is 2. The van der Waals surface area contributed by atoms with Crippen molar-refractivity contribution in [2.45, 2.75) is 27.3 Å². The molecule has 3 aromatic rings. The van der Waals surface area contributed by atoms with Crippen molar-refractivity contribution < 1.29 is 4.42 Å². The molecule has 0 aliphatic rings. The van der Waals surface area contributed by atoms with Gasteiger partial charge in [-0.15, -0.1) is 0 Å². The average Bonchev–Trinajstić information content (AvgIpc) is 2.90. The number of benzene rings is 1. The van der Waals surface area contributed by atoms with E-state index in [-0.39, 0.29) is 0 Å². The molecule has 104 valence electrons. The molecule has 0 amide bonds. The number of fused-ring (bicyclic) bond motifs is 1. The Kier molecular flexibility index (Phi) is 3.01. The topological polar surface area (TPSA) is 43.0 Å². The molecule has 1 N–H and O–H groups in total. The fourth-order valence-electron chi connectivity index (χ4n) is 2.46. The minimum absolute atomic E-state index is 0.701. The van der Waals surface area contributed by atoms with E-state index in [9.17, 15) is 0 Å². The zero-order valence-corrected chi connectivity index (χ0v) is 12.3. The van der Waals surface area contributed by atoms with Crippen LogP contribution in [-0.4, -0.2) is 9.55 Å². The molecular formula is C16H19N3O. The van der Waals surface area contributed by atoms with Gasteiger partial charge in [-0.05, 0) is 43.7 Å². The number of rotatable bonds is 3. The summed E-state index contributed by atoms with van der Waals surface area (Å²) in [4.78, 5) is 4.35. The van der Waals surface area contributed by atoms with E-state index in [2.05, 4.69) is 41.8 Å². The highest BCUT2D eigenvalue weighted by Gasteiger charge is 2.07. The predicted octanol–water partition coefficient (Wildman–Crippen LogP) is 3.70. The first-order valence-corrected chi connectivity index (χ1v) is 6.77. The second kappa shape index (κ2) is 4.71. The zero-order valence-electron chi connectivity index (χ0n) is 12.3. The Bertz CT molecular complexity index is 767. The smallest absolute Gasteiger partial charge is 0.192 e. The van der Waals surface area contributed by atoms with E-state index in [1.807, 2.05) is 25.1 Å². The molecule has 2 aromatic heterocycles. The SMILES string of the molecule is Cc1nc2cc(NCc3cc(C)n(C)c3C)ccc2o1. The lowest BCUT2D eigenvalue weighted by Gasteiger charge is -2.06. The molecule has 0 radical (unpaired) electrons. The highest BCUT2D eigenvalue weighted by atomic mass is 16.3. The lowest BCUT2D eigenvalue weighted by atomic mass is 10.2. The monoisotopic (exact) mass is 269 g/mol. The van der Waals surface area contributed by atoms with Crippen molar-refractivity contribution in [1.29, 1.82) is 0 Å². The normalized spacial score (nSPS) is 11.2. The van der Waals surface area contributed by atoms with Crippen molar-refractivity contribution in [2.75, 3.05) is 5.32 Å². The maximum absolute atomic E-state index is 5.48. The van der Waals surface area contributed by atoms with Crippen LogP contribution in [0.2, 0.25) is 0 Å². The third-order valence-corrected chi connectivity index (χ3v) is 3.86. The molecule has 0 unspecified atom stereocenters. The Hall–Kier alpha value is -2.23. The number of anilines is 1. The quantitative estimate of drug-likeness (QED) is 0.788. The molecule has 0 saturated heterocycles. The lowest BCUT2D eigenvalue weighted by molar-refractivity contribution is 0.561. The number of nitrogens with zero attached hydrogens (tertiary/aromatic N) is 2. The van der Waals surface area contributed by atoms with E-state index in [0.29, 0.717) is 5.89 Å². The van der Waals surface area contributed by atoms with Gasteiger partial charge in [-0.25, -0.2) is 4.98 Å². The first-order valence-electron chi connectivity index (χ1n) is 6.77. The Labute approximate surface area is 118 Å². The van der Waals surface area contributed by atoms with Crippen LogP contribution < -0.4 is 5.32 Å². The van der Waals surface area contributed by atoms with Gasteiger partial charge in [0.15, 0.2) is 11.5 Å². The van der Waals surface area contributed by atoms with Crippen LogP contribution in [0, 0.1) is 20.8 Å². The predicted molar refractivity (Wildman–Crippen MR) is 81.0 cm³/mol. The molecule has 0 atom stereocenters. The molecule has 2 heterocycles. The summed E-state index contributed by atoms with van der Waals surface area (Å²) < 4.78 is 7.69. The largest absolute Gasteiger partial charge is 0.441 e. The van der Waals surface area contributed by atoms with Gasteiger partial charge in [0.1, 0.15) is 5.52 Å². The number of nitrogens with one attached hydrogen (secondary N) is 1. The van der Waals surface area contributed by atoms with E-state index >= 15 is 0 Å². The first kappa shape index (κ1) is 12.8. The number of oxazole rings is 1. The molecular weight excluding hydrogens is 250 g/mol. The van der Waals surface area contributed by atoms with E-state index in [1.165, 1.54) is 17.0 Å². The summed E-state index contributed by atoms with van der Waals surface area (Å²) >= 11 is 0. The van der Waals surface area contributed by atoms with E-state index in [4.69, 9.17) is 4.42 Å². The highest BCUT2D eigenvalue weighted by molar-refractivity contribution is 5.77. The first-order chi connectivity index (χ1) is 9.54. The summed E-state index contributed by atoms with van der Waals surface area (Å²) in [6.07, 6.45) is 0.